The van der Waals surface area contributed by atoms with Gasteiger partial charge in [0.05, 0.1) is 23.6 Å². The minimum Gasteiger partial charge on any atom is -0.406 e. The lowest BCUT2D eigenvalue weighted by Gasteiger charge is -2.24. The first-order valence-electron chi connectivity index (χ1n) is 9.17. The molecule has 0 atom stereocenters. The molecule has 0 unspecified atom stereocenters. The summed E-state index contributed by atoms with van der Waals surface area (Å²) in [5.41, 5.74) is 2.34. The molecule has 9 heteroatoms. The zero-order valence-electron chi connectivity index (χ0n) is 17.1. The number of alkyl halides is 3. The van der Waals surface area contributed by atoms with Gasteiger partial charge in [-0.2, -0.15) is 0 Å². The maximum Gasteiger partial charge on any atom is 0.573 e. The van der Waals surface area contributed by atoms with E-state index >= 15 is 0 Å². The molecule has 0 heterocycles. The van der Waals surface area contributed by atoms with E-state index in [1.165, 1.54) is 30.0 Å². The van der Waals surface area contributed by atoms with Gasteiger partial charge in [0.2, 0.25) is 5.91 Å². The second kappa shape index (κ2) is 9.84. The lowest BCUT2D eigenvalue weighted by atomic mass is 10.1. The minimum absolute atomic E-state index is 0.0583. The van der Waals surface area contributed by atoms with E-state index < -0.39 is 6.36 Å². The number of rotatable bonds is 7. The summed E-state index contributed by atoms with van der Waals surface area (Å²) < 4.78 is 41.4. The Kier molecular flexibility index (Phi) is 7.72. The first-order chi connectivity index (χ1) is 14.0. The van der Waals surface area contributed by atoms with Crippen molar-refractivity contribution in [2.45, 2.75) is 33.7 Å². The number of aryl methyl sites for hydroxylation is 1. The van der Waals surface area contributed by atoms with E-state index in [9.17, 15) is 18.0 Å². The van der Waals surface area contributed by atoms with Crippen LogP contribution in [-0.4, -0.2) is 37.1 Å². The molecule has 30 heavy (non-hydrogen) atoms. The summed E-state index contributed by atoms with van der Waals surface area (Å²) in [5, 5.41) is 0.358. The number of aliphatic imine (C=N–C) groups is 1. The predicted molar refractivity (Wildman–Crippen MR) is 113 cm³/mol. The molecule has 0 bridgehead atoms. The van der Waals surface area contributed by atoms with Crippen molar-refractivity contribution in [2.75, 3.05) is 18.5 Å². The third-order valence-corrected chi connectivity index (χ3v) is 4.60. The molecule has 0 aliphatic carbocycles. The molecule has 0 saturated carbocycles. The van der Waals surface area contributed by atoms with Gasteiger partial charge in [0.1, 0.15) is 5.75 Å². The van der Waals surface area contributed by atoms with Crippen molar-refractivity contribution in [2.24, 2.45) is 4.99 Å². The van der Waals surface area contributed by atoms with Crippen molar-refractivity contribution in [3.63, 3.8) is 0 Å². The first-order valence-corrected chi connectivity index (χ1v) is 9.55. The number of ether oxygens (including phenoxy) is 1. The molecular formula is C21H23ClF3N3O2. The zero-order chi connectivity index (χ0) is 22.5. The zero-order valence-corrected chi connectivity index (χ0v) is 17.9. The van der Waals surface area contributed by atoms with E-state index in [0.717, 1.165) is 12.1 Å². The molecule has 0 aromatic heterocycles. The maximum absolute atomic E-state index is 12.5. The fraction of sp³-hybridized carbons (Fsp3) is 0.333. The average molecular weight is 442 g/mol. The Labute approximate surface area is 178 Å². The average Bonchev–Trinajstić information content (AvgIpc) is 2.65. The van der Waals surface area contributed by atoms with Gasteiger partial charge in [-0.15, -0.1) is 13.2 Å². The molecule has 1 amide bonds. The molecule has 2 rings (SSSR count). The third kappa shape index (κ3) is 6.66. The van der Waals surface area contributed by atoms with E-state index in [2.05, 4.69) is 9.73 Å². The molecule has 0 aliphatic rings. The first kappa shape index (κ1) is 23.5. The van der Waals surface area contributed by atoms with E-state index in [1.807, 2.05) is 25.8 Å². The van der Waals surface area contributed by atoms with E-state index in [-0.39, 0.29) is 18.2 Å². The van der Waals surface area contributed by atoms with Crippen LogP contribution in [-0.2, 0) is 11.3 Å². The van der Waals surface area contributed by atoms with Crippen molar-refractivity contribution < 1.29 is 22.7 Å². The number of hydrogen-bond donors (Lipinski definition) is 0. The fourth-order valence-corrected chi connectivity index (χ4v) is 2.88. The van der Waals surface area contributed by atoms with Crippen LogP contribution in [0.3, 0.4) is 0 Å². The fourth-order valence-electron chi connectivity index (χ4n) is 2.68. The highest BCUT2D eigenvalue weighted by molar-refractivity contribution is 6.33. The number of nitrogens with zero attached hydrogens (tertiary/aromatic N) is 3. The highest BCUT2D eigenvalue weighted by atomic mass is 35.5. The van der Waals surface area contributed by atoms with Crippen LogP contribution in [0.25, 0.3) is 0 Å². The summed E-state index contributed by atoms with van der Waals surface area (Å²) in [5.74, 6) is -0.624. The van der Waals surface area contributed by atoms with Crippen LogP contribution >= 0.6 is 11.6 Å². The number of carbonyl (C=O) groups is 1. The number of benzene rings is 2. The van der Waals surface area contributed by atoms with Crippen LogP contribution in [0, 0.1) is 6.92 Å². The predicted octanol–water partition coefficient (Wildman–Crippen LogP) is 5.71. The van der Waals surface area contributed by atoms with Crippen molar-refractivity contribution in [3.8, 4) is 5.75 Å². The van der Waals surface area contributed by atoms with Gasteiger partial charge in [-0.25, -0.2) is 4.99 Å². The normalized spacial score (nSPS) is 11.6. The van der Waals surface area contributed by atoms with Gasteiger partial charge in [-0.05, 0) is 49.2 Å². The summed E-state index contributed by atoms with van der Waals surface area (Å²) >= 11 is 6.36. The van der Waals surface area contributed by atoms with E-state index in [4.69, 9.17) is 11.6 Å². The number of halogens is 4. The van der Waals surface area contributed by atoms with Gasteiger partial charge < -0.3 is 14.5 Å². The highest BCUT2D eigenvalue weighted by Gasteiger charge is 2.31. The maximum atomic E-state index is 12.5. The lowest BCUT2D eigenvalue weighted by Crippen LogP contribution is -2.28. The molecule has 2 aromatic carbocycles. The van der Waals surface area contributed by atoms with Crippen molar-refractivity contribution in [1.82, 2.24) is 4.90 Å². The molecule has 0 aliphatic heterocycles. The van der Waals surface area contributed by atoms with Gasteiger partial charge in [-0.3, -0.25) is 4.79 Å². The molecule has 0 radical (unpaired) electrons. The number of carbonyl (C=O) groups excluding carboxylic acids is 1. The van der Waals surface area contributed by atoms with Crippen molar-refractivity contribution in [1.29, 1.82) is 0 Å². The SMILES string of the molecule is CCN(C)C=Nc1cc(C)c(N(Cc2cccc(OC(F)(F)F)c2)C(C)=O)cc1Cl. The largest absolute Gasteiger partial charge is 0.573 e. The molecule has 0 N–H and O–H groups in total. The van der Waals surface area contributed by atoms with Crippen molar-refractivity contribution >= 4 is 35.2 Å². The lowest BCUT2D eigenvalue weighted by molar-refractivity contribution is -0.274. The summed E-state index contributed by atoms with van der Waals surface area (Å²) in [6.07, 6.45) is -3.12. The molecule has 162 valence electrons. The Bertz CT molecular complexity index is 932. The second-order valence-electron chi connectivity index (χ2n) is 6.71. The highest BCUT2D eigenvalue weighted by Crippen LogP contribution is 2.34. The molecule has 0 saturated heterocycles. The third-order valence-electron chi connectivity index (χ3n) is 4.30. The quantitative estimate of drug-likeness (QED) is 0.408. The van der Waals surface area contributed by atoms with Crippen molar-refractivity contribution in [3.05, 3.63) is 52.5 Å². The van der Waals surface area contributed by atoms with E-state index in [1.54, 1.807) is 24.5 Å². The van der Waals surface area contributed by atoms with Crippen LogP contribution in [0.4, 0.5) is 24.5 Å². The standard InChI is InChI=1S/C21H23ClF3N3O2/c1-5-27(4)13-26-19-9-14(2)20(11-18(19)22)28(15(3)29)12-16-7-6-8-17(10-16)30-21(23,24)25/h6-11,13H,5,12H2,1-4H3. The Morgan fingerprint density at radius 2 is 1.97 bits per heavy atom. The Hall–Kier alpha value is -2.74. The molecule has 0 spiro atoms. The molecule has 5 nitrogen and oxygen atoms in total. The summed E-state index contributed by atoms with van der Waals surface area (Å²) in [6, 6.07) is 8.91. The summed E-state index contributed by atoms with van der Waals surface area (Å²) in [4.78, 5) is 20.0. The topological polar surface area (TPSA) is 45.1 Å². The number of anilines is 1. The minimum atomic E-state index is -4.79. The summed E-state index contributed by atoms with van der Waals surface area (Å²) in [7, 11) is 1.88. The van der Waals surface area contributed by atoms with E-state index in [0.29, 0.717) is 22.0 Å². The molecule has 0 fully saturated rings. The van der Waals surface area contributed by atoms with Gasteiger partial charge in [0.15, 0.2) is 0 Å². The van der Waals surface area contributed by atoms with Crippen LogP contribution in [0.2, 0.25) is 5.02 Å². The smallest absolute Gasteiger partial charge is 0.406 e. The van der Waals surface area contributed by atoms with Crippen LogP contribution in [0.5, 0.6) is 5.75 Å². The van der Waals surface area contributed by atoms with Gasteiger partial charge >= 0.3 is 6.36 Å². The Balaban J connectivity index is 2.33. The van der Waals surface area contributed by atoms with Crippen LogP contribution in [0.15, 0.2) is 41.4 Å². The van der Waals surface area contributed by atoms with Crippen LogP contribution < -0.4 is 9.64 Å². The second-order valence-corrected chi connectivity index (χ2v) is 7.12. The van der Waals surface area contributed by atoms with Gasteiger partial charge in [-0.1, -0.05) is 23.7 Å². The number of hydrogen-bond acceptors (Lipinski definition) is 3. The number of amides is 1. The Morgan fingerprint density at radius 1 is 1.27 bits per heavy atom. The molecule has 2 aromatic rings. The van der Waals surface area contributed by atoms with Crippen LogP contribution in [0.1, 0.15) is 25.0 Å². The van der Waals surface area contributed by atoms with Gasteiger partial charge in [0, 0.05) is 26.2 Å². The summed E-state index contributed by atoms with van der Waals surface area (Å²) in [6.45, 7) is 6.02. The van der Waals surface area contributed by atoms with Gasteiger partial charge in [0.25, 0.3) is 0 Å². The Morgan fingerprint density at radius 3 is 2.57 bits per heavy atom. The monoisotopic (exact) mass is 441 g/mol. The molecular weight excluding hydrogens is 419 g/mol.